The Kier molecular flexibility index (Phi) is 3.95. The van der Waals surface area contributed by atoms with Gasteiger partial charge in [-0.15, -0.1) is 0 Å². The van der Waals surface area contributed by atoms with Gasteiger partial charge >= 0.3 is 5.97 Å². The van der Waals surface area contributed by atoms with Gasteiger partial charge in [0.25, 0.3) is 5.91 Å². The minimum atomic E-state index is -0.283. The van der Waals surface area contributed by atoms with Gasteiger partial charge in [-0.25, -0.2) is 0 Å². The average molecular weight is 283 g/mol. The number of likely N-dealkylation sites (tertiary alicyclic amines) is 1. The fraction of sp³-hybridized carbons (Fsp3) is 0.385. The van der Waals surface area contributed by atoms with Crippen molar-refractivity contribution >= 4 is 29.2 Å². The molecule has 1 aromatic rings. The number of nitrogen functional groups attached to an aromatic ring is 1. The molecule has 0 saturated carbocycles. The maximum Gasteiger partial charge on any atom is 0.310 e. The minimum absolute atomic E-state index is 0.205. The summed E-state index contributed by atoms with van der Waals surface area (Å²) in [4.78, 5) is 25.3. The monoisotopic (exact) mass is 282 g/mol. The first-order chi connectivity index (χ1) is 9.04. The van der Waals surface area contributed by atoms with Gasteiger partial charge in [-0.3, -0.25) is 9.59 Å². The second-order valence-corrected chi connectivity index (χ2v) is 4.85. The Morgan fingerprint density at radius 1 is 1.47 bits per heavy atom. The number of nitrogens with zero attached hydrogens (tertiary/aromatic N) is 1. The third-order valence-electron chi connectivity index (χ3n) is 3.27. The normalized spacial score (nSPS) is 18.4. The molecule has 1 fully saturated rings. The first-order valence-corrected chi connectivity index (χ1v) is 6.33. The van der Waals surface area contributed by atoms with Gasteiger partial charge in [-0.05, 0) is 18.6 Å². The van der Waals surface area contributed by atoms with Crippen molar-refractivity contribution in [3.8, 4) is 0 Å². The van der Waals surface area contributed by atoms with Crippen LogP contribution < -0.4 is 5.73 Å². The molecule has 1 aromatic carbocycles. The number of carbonyl (C=O) groups excluding carboxylic acids is 2. The predicted octanol–water partition coefficient (Wildman–Crippen LogP) is 1.56. The molecule has 1 heterocycles. The van der Waals surface area contributed by atoms with Gasteiger partial charge in [0.1, 0.15) is 0 Å². The van der Waals surface area contributed by atoms with Gasteiger partial charge in [0.2, 0.25) is 0 Å². The molecular formula is C13H15ClN2O3. The Morgan fingerprint density at radius 3 is 2.89 bits per heavy atom. The van der Waals surface area contributed by atoms with Crippen molar-refractivity contribution in [3.05, 3.63) is 28.8 Å². The van der Waals surface area contributed by atoms with Crippen molar-refractivity contribution in [2.75, 3.05) is 25.9 Å². The van der Waals surface area contributed by atoms with E-state index in [1.807, 2.05) is 0 Å². The van der Waals surface area contributed by atoms with Crippen LogP contribution in [0.15, 0.2) is 18.2 Å². The zero-order valence-electron chi connectivity index (χ0n) is 10.6. The van der Waals surface area contributed by atoms with E-state index in [4.69, 9.17) is 17.3 Å². The predicted molar refractivity (Wildman–Crippen MR) is 71.9 cm³/mol. The van der Waals surface area contributed by atoms with E-state index >= 15 is 0 Å². The summed E-state index contributed by atoms with van der Waals surface area (Å²) in [6.45, 7) is 0.875. The molecule has 0 spiro atoms. The van der Waals surface area contributed by atoms with Crippen LogP contribution in [0.3, 0.4) is 0 Å². The van der Waals surface area contributed by atoms with Gasteiger partial charge < -0.3 is 15.4 Å². The molecule has 0 aromatic heterocycles. The van der Waals surface area contributed by atoms with Gasteiger partial charge in [-0.2, -0.15) is 0 Å². The number of hydrogen-bond acceptors (Lipinski definition) is 4. The lowest BCUT2D eigenvalue weighted by atomic mass is 10.1. The van der Waals surface area contributed by atoms with E-state index in [0.717, 1.165) is 0 Å². The van der Waals surface area contributed by atoms with E-state index in [-0.39, 0.29) is 22.8 Å². The Bertz CT molecular complexity index is 519. The summed E-state index contributed by atoms with van der Waals surface area (Å²) < 4.78 is 4.69. The van der Waals surface area contributed by atoms with E-state index in [2.05, 4.69) is 4.74 Å². The molecule has 0 bridgehead atoms. The Balaban J connectivity index is 2.14. The van der Waals surface area contributed by atoms with Crippen molar-refractivity contribution < 1.29 is 14.3 Å². The molecule has 5 nitrogen and oxygen atoms in total. The first kappa shape index (κ1) is 13.7. The second-order valence-electron chi connectivity index (χ2n) is 4.47. The summed E-state index contributed by atoms with van der Waals surface area (Å²) in [6, 6.07) is 4.95. The van der Waals surface area contributed by atoms with Gasteiger partial charge in [0.05, 0.1) is 29.3 Å². The number of ether oxygens (including phenoxy) is 1. The summed E-state index contributed by atoms with van der Waals surface area (Å²) in [6.07, 6.45) is 0.609. The lowest BCUT2D eigenvalue weighted by Crippen LogP contribution is -2.30. The maximum absolute atomic E-state index is 12.3. The van der Waals surface area contributed by atoms with E-state index in [1.165, 1.54) is 7.11 Å². The van der Waals surface area contributed by atoms with Gasteiger partial charge in [0, 0.05) is 13.1 Å². The summed E-state index contributed by atoms with van der Waals surface area (Å²) in [7, 11) is 1.35. The number of carbonyl (C=O) groups is 2. The molecule has 102 valence electrons. The highest BCUT2D eigenvalue weighted by molar-refractivity contribution is 6.36. The van der Waals surface area contributed by atoms with Crippen LogP contribution in [0, 0.1) is 5.92 Å². The quantitative estimate of drug-likeness (QED) is 0.660. The van der Waals surface area contributed by atoms with E-state index in [0.29, 0.717) is 30.8 Å². The summed E-state index contributed by atoms with van der Waals surface area (Å²) in [5, 5.41) is 0.258. The topological polar surface area (TPSA) is 72.6 Å². The number of anilines is 1. The molecule has 1 amide bonds. The average Bonchev–Trinajstić information content (AvgIpc) is 2.90. The lowest BCUT2D eigenvalue weighted by molar-refractivity contribution is -0.144. The van der Waals surface area contributed by atoms with Gasteiger partial charge in [-0.1, -0.05) is 17.7 Å². The van der Waals surface area contributed by atoms with Crippen molar-refractivity contribution in [1.29, 1.82) is 0 Å². The van der Waals surface area contributed by atoms with Crippen LogP contribution in [0.2, 0.25) is 5.02 Å². The maximum atomic E-state index is 12.3. The van der Waals surface area contributed by atoms with E-state index in [1.54, 1.807) is 23.1 Å². The first-order valence-electron chi connectivity index (χ1n) is 5.95. The number of halogens is 1. The zero-order valence-corrected chi connectivity index (χ0v) is 11.3. The number of methoxy groups -OCH3 is 1. The fourth-order valence-corrected chi connectivity index (χ4v) is 2.40. The standard InChI is InChI=1S/C13H15ClN2O3/c1-19-13(18)8-5-6-16(7-8)12(17)9-3-2-4-10(15)11(9)14/h2-4,8H,5-7,15H2,1H3. The Hall–Kier alpha value is -1.75. The molecule has 0 radical (unpaired) electrons. The van der Waals surface area contributed by atoms with Crippen molar-refractivity contribution in [2.24, 2.45) is 5.92 Å². The largest absolute Gasteiger partial charge is 0.469 e. The molecule has 1 aliphatic rings. The van der Waals surface area contributed by atoms with Crippen LogP contribution in [0.5, 0.6) is 0 Å². The number of rotatable bonds is 2. The van der Waals surface area contributed by atoms with Crippen LogP contribution >= 0.6 is 11.6 Å². The SMILES string of the molecule is COC(=O)C1CCN(C(=O)c2cccc(N)c2Cl)C1. The van der Waals surface area contributed by atoms with Crippen molar-refractivity contribution in [3.63, 3.8) is 0 Å². The number of nitrogens with two attached hydrogens (primary N) is 1. The van der Waals surface area contributed by atoms with Crippen LogP contribution in [0.25, 0.3) is 0 Å². The van der Waals surface area contributed by atoms with Crippen LogP contribution in [0.4, 0.5) is 5.69 Å². The summed E-state index contributed by atoms with van der Waals surface area (Å²) >= 11 is 6.03. The molecule has 0 aliphatic carbocycles. The second kappa shape index (κ2) is 5.48. The molecule has 1 aliphatic heterocycles. The highest BCUT2D eigenvalue weighted by atomic mass is 35.5. The number of esters is 1. The highest BCUT2D eigenvalue weighted by Crippen LogP contribution is 2.26. The Morgan fingerprint density at radius 2 is 2.21 bits per heavy atom. The fourth-order valence-electron chi connectivity index (χ4n) is 2.19. The lowest BCUT2D eigenvalue weighted by Gasteiger charge is -2.17. The number of amides is 1. The minimum Gasteiger partial charge on any atom is -0.469 e. The third kappa shape index (κ3) is 2.66. The molecule has 2 N–H and O–H groups in total. The van der Waals surface area contributed by atoms with Crippen LogP contribution in [0.1, 0.15) is 16.8 Å². The molecule has 6 heteroatoms. The zero-order chi connectivity index (χ0) is 14.0. The molecule has 2 rings (SSSR count). The summed E-state index contributed by atoms with van der Waals surface area (Å²) in [5.74, 6) is -0.744. The number of benzene rings is 1. The van der Waals surface area contributed by atoms with Gasteiger partial charge in [0.15, 0.2) is 0 Å². The molecule has 19 heavy (non-hydrogen) atoms. The molecular weight excluding hydrogens is 268 g/mol. The van der Waals surface area contributed by atoms with Crippen molar-refractivity contribution in [2.45, 2.75) is 6.42 Å². The molecule has 1 saturated heterocycles. The van der Waals surface area contributed by atoms with Crippen molar-refractivity contribution in [1.82, 2.24) is 4.90 Å². The highest BCUT2D eigenvalue weighted by Gasteiger charge is 2.32. The third-order valence-corrected chi connectivity index (χ3v) is 3.69. The van der Waals surface area contributed by atoms with E-state index in [9.17, 15) is 9.59 Å². The number of hydrogen-bond donors (Lipinski definition) is 1. The smallest absolute Gasteiger partial charge is 0.310 e. The summed E-state index contributed by atoms with van der Waals surface area (Å²) in [5.41, 5.74) is 6.42. The Labute approximate surface area is 116 Å². The molecule has 1 unspecified atom stereocenters. The van der Waals surface area contributed by atoms with Crippen LogP contribution in [-0.2, 0) is 9.53 Å². The van der Waals surface area contributed by atoms with E-state index < -0.39 is 0 Å². The van der Waals surface area contributed by atoms with Crippen LogP contribution in [-0.4, -0.2) is 37.0 Å². The molecule has 1 atom stereocenters.